The van der Waals surface area contributed by atoms with Gasteiger partial charge >= 0.3 is 17.9 Å². The predicted molar refractivity (Wildman–Crippen MR) is 488 cm³/mol. The van der Waals surface area contributed by atoms with E-state index in [1.807, 2.05) is 16.0 Å². The number of hydrazine groups is 1. The van der Waals surface area contributed by atoms with Gasteiger partial charge in [0, 0.05) is 25.8 Å². The number of amides is 18. The first-order valence-electron chi connectivity index (χ1n) is 44.0. The Morgan fingerprint density at radius 1 is 0.317 bits per heavy atom. The number of guanidine groups is 1. The van der Waals surface area contributed by atoms with E-state index in [0.29, 0.717) is 16.7 Å². The number of hydrogen-bond acceptors (Lipinski definition) is 31. The molecule has 139 heavy (non-hydrogen) atoms. The third kappa shape index (κ3) is 44.2. The number of rotatable bonds is 66. The van der Waals surface area contributed by atoms with Crippen LogP contribution < -0.4 is 131 Å². The number of benzene rings is 3. The number of aliphatic hydroxyl groups excluding tert-OH is 3. The molecule has 3 aromatic carbocycles. The Balaban J connectivity index is 1.92. The van der Waals surface area contributed by atoms with Crippen molar-refractivity contribution in [3.05, 3.63) is 95.6 Å². The molecule has 0 radical (unpaired) electrons. The highest BCUT2D eigenvalue weighted by Crippen LogP contribution is 2.18. The van der Waals surface area contributed by atoms with Gasteiger partial charge in [0.1, 0.15) is 108 Å². The largest absolute Gasteiger partial charge is 0.508 e. The van der Waals surface area contributed by atoms with E-state index in [1.54, 1.807) is 32.0 Å². The number of carboxylic acid groups (broad SMARTS) is 3. The number of primary amides is 3. The van der Waals surface area contributed by atoms with Crippen LogP contribution in [-0.2, 0) is 120 Å². The van der Waals surface area contributed by atoms with Crippen LogP contribution in [0.25, 0.3) is 0 Å². The first-order valence-corrected chi connectivity index (χ1v) is 44.0. The molecule has 0 heterocycles. The summed E-state index contributed by atoms with van der Waals surface area (Å²) >= 11 is 0. The first-order chi connectivity index (χ1) is 65.6. The van der Waals surface area contributed by atoms with Crippen molar-refractivity contribution in [2.24, 2.45) is 52.1 Å². The van der Waals surface area contributed by atoms with Crippen LogP contribution in [0.15, 0.2) is 78.9 Å². The molecule has 54 nitrogen and oxygen atoms in total. The minimum absolute atomic E-state index is 0.00626. The second kappa shape index (κ2) is 61.3. The predicted octanol–water partition coefficient (Wildman–Crippen LogP) is -11.9. The molecule has 54 heteroatoms. The highest BCUT2D eigenvalue weighted by molar-refractivity contribution is 6.03. The Hall–Kier alpha value is -14.9. The lowest BCUT2D eigenvalue weighted by molar-refractivity contribution is -0.143. The molecule has 16 atom stereocenters. The fourth-order valence-electron chi connectivity index (χ4n) is 13.4. The second-order valence-electron chi connectivity index (χ2n) is 33.0. The summed E-state index contributed by atoms with van der Waals surface area (Å²) in [6.07, 6.45) is -6.53. The average molecular weight is 1970 g/mol. The molecule has 8 unspecified atom stereocenters. The number of aliphatic carboxylic acids is 3. The van der Waals surface area contributed by atoms with Crippen molar-refractivity contribution in [1.82, 2.24) is 90.5 Å². The van der Waals surface area contributed by atoms with E-state index in [4.69, 9.17) is 45.7 Å². The summed E-state index contributed by atoms with van der Waals surface area (Å²) in [6, 6.07) is -11.2. The van der Waals surface area contributed by atoms with Crippen molar-refractivity contribution < 1.29 is 142 Å². The fraction of sp³-hybridized carbons (Fsp3) is 0.529. The van der Waals surface area contributed by atoms with Crippen LogP contribution in [0.5, 0.6) is 11.5 Å². The third-order valence-corrected chi connectivity index (χ3v) is 20.7. The van der Waals surface area contributed by atoms with Gasteiger partial charge in [-0.15, -0.1) is 0 Å². The van der Waals surface area contributed by atoms with Gasteiger partial charge in [0.25, 0.3) is 0 Å². The number of phenols is 2. The molecular formula is C85H129N25O29. The summed E-state index contributed by atoms with van der Waals surface area (Å²) < 4.78 is 0. The van der Waals surface area contributed by atoms with Gasteiger partial charge in [0.05, 0.1) is 51.9 Å². The maximum absolute atomic E-state index is 14.7. The van der Waals surface area contributed by atoms with Gasteiger partial charge in [-0.25, -0.2) is 10.2 Å². The van der Waals surface area contributed by atoms with E-state index in [9.17, 15) is 142 Å². The van der Waals surface area contributed by atoms with Gasteiger partial charge < -0.3 is 160 Å². The first kappa shape index (κ1) is 118. The van der Waals surface area contributed by atoms with E-state index in [0.717, 1.165) is 0 Å². The Bertz CT molecular complexity index is 4710. The zero-order chi connectivity index (χ0) is 104. The van der Waals surface area contributed by atoms with Crippen molar-refractivity contribution in [3.8, 4) is 11.5 Å². The van der Waals surface area contributed by atoms with Crippen LogP contribution >= 0.6 is 0 Å². The highest BCUT2D eigenvalue weighted by Gasteiger charge is 2.41. The number of nitrogens with two attached hydrogens (primary N) is 7. The molecule has 0 saturated carbocycles. The number of carboxylic acids is 3. The fourth-order valence-corrected chi connectivity index (χ4v) is 13.4. The summed E-state index contributed by atoms with van der Waals surface area (Å²) in [5.74, 6) is -24.2. The number of hydrogen-bond donors (Lipinski definition) is 33. The zero-order valence-electron chi connectivity index (χ0n) is 76.9. The van der Waals surface area contributed by atoms with Gasteiger partial charge in [-0.1, -0.05) is 82.3 Å². The van der Waals surface area contributed by atoms with E-state index in [1.165, 1.54) is 74.5 Å². The minimum atomic E-state index is -2.33. The van der Waals surface area contributed by atoms with Gasteiger partial charge in [-0.05, 0) is 124 Å². The van der Waals surface area contributed by atoms with Gasteiger partial charge in [-0.2, -0.15) is 0 Å². The molecule has 0 aliphatic heterocycles. The number of aliphatic hydroxyl groups is 3. The Kier molecular flexibility index (Phi) is 52.1. The van der Waals surface area contributed by atoms with Crippen LogP contribution in [0.4, 0.5) is 0 Å². The minimum Gasteiger partial charge on any atom is -0.508 e. The van der Waals surface area contributed by atoms with Crippen LogP contribution in [0.1, 0.15) is 134 Å². The summed E-state index contributed by atoms with van der Waals surface area (Å²) in [7, 11) is 0. The van der Waals surface area contributed by atoms with Crippen molar-refractivity contribution in [1.29, 1.82) is 5.41 Å². The highest BCUT2D eigenvalue weighted by atomic mass is 16.4. The van der Waals surface area contributed by atoms with E-state index >= 15 is 0 Å². The quantitative estimate of drug-likeness (QED) is 0.00820. The molecule has 0 aliphatic rings. The molecule has 0 spiro atoms. The summed E-state index contributed by atoms with van der Waals surface area (Å²) in [6.45, 7) is 2.31. The molecule has 0 saturated heterocycles. The standard InChI is InChI=1S/C85H129N25O29/c1-41(2)29-51(72(126)101-55(33-63(88)116)76(130)96-48(15-8-10-26-86)69(123)95-49(16-9-11-27-87)70(124)98-53(31-44-18-22-46(114)23-19-44)73(127)97-50(17-12-28-94-85(91)92)71(125)108-62(40-113)84(138)139)105-83(137)68(42(3)4)109-79(133)56(34-64(89)117)102-81(135)60(38-111)107-82(136)61(39-112)106-78(132)58(37-67(121)122)104-77(131)57(36-66(119)120)103-75(129)52(30-43-13-6-5-7-14-43)99-74(128)54(32-45-20-24-47(115)25-21-45)100-80(134)59(110-93)35-65(90)118/h5-7,13-14,18-25,41-42,48-62,68,110-115H,8-12,15-17,26-40,86-87,93H2,1-4H3,(H2,88,116)(H2,89,117)(H2,90,118)(H,95,123)(H,96,130)(H,97,127)(H,98,124)(H,99,128)(H,100,134)(H,101,126)(H,102,135)(H,103,129)(H,104,131)(H,105,137)(H,106,132)(H,107,136)(H,108,125)(H,109,133)(H,119,120)(H,121,122)(H,138,139)(H4,91,92,94)/t48?,49-,50-,51?,52-,53?,54?,55-,56?,57?,58-,59-,60-,61?,62?,68-/m0/s1. The zero-order valence-corrected chi connectivity index (χ0v) is 76.9. The molecule has 3 rings (SSSR count). The van der Waals surface area contributed by atoms with Crippen LogP contribution in [-0.4, -0.2) is 307 Å². The van der Waals surface area contributed by atoms with Crippen LogP contribution in [0, 0.1) is 17.2 Å². The number of nitrogens with one attached hydrogen (secondary N) is 18. The van der Waals surface area contributed by atoms with Gasteiger partial charge in [-0.3, -0.25) is 107 Å². The van der Waals surface area contributed by atoms with E-state index in [-0.39, 0.29) is 102 Å². The smallest absolute Gasteiger partial charge is 0.328 e. The average Bonchev–Trinajstić information content (AvgIpc) is 0.846. The number of phenolic OH excluding ortho intramolecular Hbond substituents is 2. The maximum Gasteiger partial charge on any atom is 0.328 e. The van der Waals surface area contributed by atoms with Crippen molar-refractivity contribution in [3.63, 3.8) is 0 Å². The van der Waals surface area contributed by atoms with E-state index < -0.39 is 297 Å². The number of aromatic hydroxyl groups is 2. The van der Waals surface area contributed by atoms with Crippen molar-refractivity contribution in [2.45, 2.75) is 234 Å². The molecule has 18 amide bonds. The summed E-state index contributed by atoms with van der Waals surface area (Å²) in [5.41, 5.74) is 36.5. The number of unbranched alkanes of at least 4 members (excludes halogenated alkanes) is 2. The molecule has 0 fully saturated rings. The van der Waals surface area contributed by atoms with Crippen molar-refractivity contribution in [2.75, 3.05) is 39.5 Å². The summed E-state index contributed by atoms with van der Waals surface area (Å²) in [4.78, 5) is 287. The summed E-state index contributed by atoms with van der Waals surface area (Å²) in [5, 5.41) is 124. The number of carbonyl (C=O) groups is 21. The topological polar surface area (TPSA) is 931 Å². The second-order valence-corrected chi connectivity index (χ2v) is 33.0. The number of carbonyl (C=O) groups excluding carboxylic acids is 18. The van der Waals surface area contributed by atoms with Gasteiger partial charge in [0.2, 0.25) is 106 Å². The molecule has 768 valence electrons. The maximum atomic E-state index is 14.7. The molecule has 0 aromatic heterocycles. The molecule has 0 bridgehead atoms. The Morgan fingerprint density at radius 3 is 0.906 bits per heavy atom. The van der Waals surface area contributed by atoms with Gasteiger partial charge in [0.15, 0.2) is 5.96 Å². The lowest BCUT2D eigenvalue weighted by atomic mass is 9.99. The SMILES string of the molecule is CC(C)CC(NC(=O)[C@@H](NC(=O)C(CC(N)=O)NC(=O)[C@H](CO)NC(=O)C(CO)NC(=O)[C@H](CC(=O)O)NC(=O)C(CC(=O)O)NC(=O)[C@H](Cc1ccccc1)NC(=O)C(Cc1ccc(O)cc1)NC(=O)[C@H](CC(N)=O)NN)C(C)C)C(=O)N[C@@H](CC(N)=O)C(=O)NC(CCCCN)C(=O)N[C@@H](CCCCN)C(=O)NC(Cc1ccc(O)cc1)C(=O)N[C@@H](CCCNC(=N)N)C(=O)NC(CO)C(=O)O. The van der Waals surface area contributed by atoms with E-state index in [2.05, 4.69) is 74.5 Å². The van der Waals surface area contributed by atoms with Crippen LogP contribution in [0.3, 0.4) is 0 Å². The lowest BCUT2D eigenvalue weighted by Crippen LogP contribution is -2.62. The third-order valence-electron chi connectivity index (χ3n) is 20.7. The van der Waals surface area contributed by atoms with Crippen molar-refractivity contribution >= 4 is 130 Å². The molecule has 40 N–H and O–H groups in total. The lowest BCUT2D eigenvalue weighted by Gasteiger charge is -2.29. The Labute approximate surface area is 796 Å². The molecular weight excluding hydrogens is 1840 g/mol. The normalized spacial score (nSPS) is 14.5. The molecule has 3 aromatic rings. The molecule has 0 aliphatic carbocycles. The Morgan fingerprint density at radius 2 is 0.590 bits per heavy atom. The van der Waals surface area contributed by atoms with Crippen LogP contribution in [0.2, 0.25) is 0 Å². The monoisotopic (exact) mass is 1960 g/mol.